The summed E-state index contributed by atoms with van der Waals surface area (Å²) in [5.74, 6) is 0. The van der Waals surface area contributed by atoms with Crippen LogP contribution in [0.25, 0.3) is 76.8 Å². The first kappa shape index (κ1) is 19.7. The van der Waals surface area contributed by atoms with E-state index in [9.17, 15) is 0 Å². The average molecular weight is 465 g/mol. The van der Waals surface area contributed by atoms with Crippen LogP contribution in [-0.4, -0.2) is 0 Å². The number of rotatable bonds is 1. The molecule has 8 aromatic rings. The van der Waals surface area contributed by atoms with E-state index in [1.165, 1.54) is 32.8 Å². The molecule has 170 valence electrons. The molecule has 0 saturated heterocycles. The van der Waals surface area contributed by atoms with Crippen molar-refractivity contribution < 1.29 is 13.4 Å². The van der Waals surface area contributed by atoms with Gasteiger partial charge >= 0.3 is 0 Å². The smallest absolute Gasteiger partial charge is 0.213 e. The minimum Gasteiger partial charge on any atom is -0.456 e. The summed E-state index contributed by atoms with van der Waals surface area (Å²) < 4.78 is 14.9. The fourth-order valence-corrected chi connectivity index (χ4v) is 5.90. The Kier molecular flexibility index (Phi) is 3.80. The maximum absolute atomic E-state index is 6.48. The van der Waals surface area contributed by atoms with Crippen LogP contribution in [-0.2, 0) is 7.05 Å². The molecule has 3 heteroatoms. The first-order valence-corrected chi connectivity index (χ1v) is 12.3. The third-order valence-electron chi connectivity index (χ3n) is 7.68. The molecule has 0 atom stereocenters. The highest BCUT2D eigenvalue weighted by atomic mass is 16.3. The molecule has 0 spiro atoms. The Hall–Kier alpha value is -4.63. The molecule has 3 nitrogen and oxygen atoms in total. The van der Waals surface area contributed by atoms with Crippen LogP contribution in [0.1, 0.15) is 5.56 Å². The molecule has 0 radical (unpaired) electrons. The molecule has 0 fully saturated rings. The molecule has 0 bridgehead atoms. The molecule has 0 N–H and O–H groups in total. The predicted molar refractivity (Wildman–Crippen MR) is 147 cm³/mol. The highest BCUT2D eigenvalue weighted by Gasteiger charge is 2.21. The fraction of sp³-hybridized carbons (Fsp3) is 0.0606. The van der Waals surface area contributed by atoms with E-state index >= 15 is 0 Å². The lowest BCUT2D eigenvalue weighted by Gasteiger charge is -2.07. The first-order valence-electron chi connectivity index (χ1n) is 12.3. The number of nitrogens with zero attached hydrogens (tertiary/aromatic N) is 1. The molecular formula is C33H22NO2+. The molecule has 3 heterocycles. The molecule has 0 aliphatic carbocycles. The summed E-state index contributed by atoms with van der Waals surface area (Å²) in [6, 6.07) is 34.2. The second-order valence-electron chi connectivity index (χ2n) is 9.68. The minimum atomic E-state index is 0.915. The normalized spacial score (nSPS) is 12.2. The summed E-state index contributed by atoms with van der Waals surface area (Å²) in [4.78, 5) is 0. The molecular weight excluding hydrogens is 442 g/mol. The summed E-state index contributed by atoms with van der Waals surface area (Å²) in [7, 11) is 2.14. The summed E-state index contributed by atoms with van der Waals surface area (Å²) in [6.07, 6.45) is 0. The van der Waals surface area contributed by atoms with Crippen LogP contribution in [0.2, 0.25) is 0 Å². The summed E-state index contributed by atoms with van der Waals surface area (Å²) >= 11 is 0. The van der Waals surface area contributed by atoms with Crippen molar-refractivity contribution in [3.8, 4) is 11.3 Å². The number of aromatic nitrogens is 1. The van der Waals surface area contributed by atoms with E-state index < -0.39 is 0 Å². The van der Waals surface area contributed by atoms with Gasteiger partial charge in [0.25, 0.3) is 0 Å². The van der Waals surface area contributed by atoms with Crippen molar-refractivity contribution in [2.75, 3.05) is 0 Å². The number of pyridine rings is 1. The Morgan fingerprint density at radius 1 is 0.583 bits per heavy atom. The molecule has 0 aliphatic rings. The molecule has 5 aromatic carbocycles. The highest BCUT2D eigenvalue weighted by molar-refractivity contribution is 6.18. The maximum Gasteiger partial charge on any atom is 0.213 e. The predicted octanol–water partition coefficient (Wildman–Crippen LogP) is 8.59. The summed E-state index contributed by atoms with van der Waals surface area (Å²) in [5, 5.41) is 8.18. The number of furan rings is 2. The summed E-state index contributed by atoms with van der Waals surface area (Å²) in [5.41, 5.74) is 8.43. The van der Waals surface area contributed by atoms with Gasteiger partial charge in [0, 0.05) is 39.1 Å². The molecule has 0 saturated carbocycles. The van der Waals surface area contributed by atoms with Crippen LogP contribution in [0.3, 0.4) is 0 Å². The number of aryl methyl sites for hydroxylation is 2. The van der Waals surface area contributed by atoms with Gasteiger partial charge in [0.05, 0.1) is 10.9 Å². The number of benzene rings is 5. The van der Waals surface area contributed by atoms with Crippen LogP contribution in [0.4, 0.5) is 0 Å². The van der Waals surface area contributed by atoms with Gasteiger partial charge < -0.3 is 8.83 Å². The van der Waals surface area contributed by atoms with Gasteiger partial charge in [-0.05, 0) is 54.3 Å². The molecule has 0 amide bonds. The van der Waals surface area contributed by atoms with E-state index in [0.29, 0.717) is 0 Å². The van der Waals surface area contributed by atoms with Crippen LogP contribution >= 0.6 is 0 Å². The lowest BCUT2D eigenvalue weighted by Crippen LogP contribution is -2.32. The monoisotopic (exact) mass is 464 g/mol. The van der Waals surface area contributed by atoms with Gasteiger partial charge in [-0.2, -0.15) is 4.57 Å². The number of fused-ring (bicyclic) bond motifs is 10. The molecule has 0 aliphatic heterocycles. The van der Waals surface area contributed by atoms with Crippen LogP contribution in [0.15, 0.2) is 106 Å². The maximum atomic E-state index is 6.48. The van der Waals surface area contributed by atoms with Crippen LogP contribution in [0.5, 0.6) is 0 Å². The van der Waals surface area contributed by atoms with E-state index in [2.05, 4.69) is 103 Å². The summed E-state index contributed by atoms with van der Waals surface area (Å²) in [6.45, 7) is 2.19. The van der Waals surface area contributed by atoms with E-state index in [-0.39, 0.29) is 0 Å². The largest absolute Gasteiger partial charge is 0.456 e. The minimum absolute atomic E-state index is 0.915. The van der Waals surface area contributed by atoms with Gasteiger partial charge in [0.1, 0.15) is 29.4 Å². The van der Waals surface area contributed by atoms with Gasteiger partial charge in [-0.1, -0.05) is 48.5 Å². The molecule has 0 unspecified atom stereocenters. The van der Waals surface area contributed by atoms with Gasteiger partial charge in [-0.15, -0.1) is 0 Å². The van der Waals surface area contributed by atoms with Crippen molar-refractivity contribution in [3.05, 3.63) is 103 Å². The third kappa shape index (κ3) is 2.55. The van der Waals surface area contributed by atoms with Gasteiger partial charge in [-0.3, -0.25) is 0 Å². The second kappa shape index (κ2) is 6.96. The zero-order chi connectivity index (χ0) is 24.0. The third-order valence-corrected chi connectivity index (χ3v) is 7.68. The molecule has 8 rings (SSSR count). The topological polar surface area (TPSA) is 30.2 Å². The Morgan fingerprint density at radius 3 is 2.31 bits per heavy atom. The van der Waals surface area contributed by atoms with E-state index in [1.54, 1.807) is 0 Å². The van der Waals surface area contributed by atoms with Gasteiger partial charge in [0.2, 0.25) is 11.2 Å². The Morgan fingerprint density at radius 2 is 1.39 bits per heavy atom. The molecule has 36 heavy (non-hydrogen) atoms. The van der Waals surface area contributed by atoms with Crippen molar-refractivity contribution in [1.29, 1.82) is 0 Å². The van der Waals surface area contributed by atoms with Crippen molar-refractivity contribution in [1.82, 2.24) is 0 Å². The Labute approximate surface area is 206 Å². The molecule has 3 aromatic heterocycles. The Bertz CT molecular complexity index is 2180. The van der Waals surface area contributed by atoms with Crippen molar-refractivity contribution in [3.63, 3.8) is 0 Å². The SMILES string of the molecule is Cc1cc2c(cc1-c1ccc3c4c(ccc3[n+]1C)oc1ccccc14)oc1c3ccccc3ccc21. The van der Waals surface area contributed by atoms with Gasteiger partial charge in [0.15, 0.2) is 0 Å². The van der Waals surface area contributed by atoms with E-state index in [0.717, 1.165) is 49.6 Å². The first-order chi connectivity index (χ1) is 17.7. The van der Waals surface area contributed by atoms with Crippen molar-refractivity contribution in [2.24, 2.45) is 7.05 Å². The van der Waals surface area contributed by atoms with Crippen LogP contribution in [0, 0.1) is 6.92 Å². The van der Waals surface area contributed by atoms with Crippen molar-refractivity contribution >= 4 is 65.6 Å². The number of hydrogen-bond acceptors (Lipinski definition) is 2. The zero-order valence-electron chi connectivity index (χ0n) is 20.0. The quantitative estimate of drug-likeness (QED) is 0.228. The van der Waals surface area contributed by atoms with Crippen molar-refractivity contribution in [2.45, 2.75) is 6.92 Å². The average Bonchev–Trinajstić information content (AvgIpc) is 3.47. The number of hydrogen-bond donors (Lipinski definition) is 0. The zero-order valence-corrected chi connectivity index (χ0v) is 20.0. The second-order valence-corrected chi connectivity index (χ2v) is 9.68. The lowest BCUT2D eigenvalue weighted by molar-refractivity contribution is -0.633. The Balaban J connectivity index is 1.39. The standard InChI is InChI=1S/C33H22NO2/c1-19-17-26-22-12-11-20-7-3-4-8-21(20)33(22)36-31(26)18-25(19)28-14-13-23-27(34(28)2)15-16-30-32(23)24-9-5-6-10-29(24)35-30/h3-18H,1-2H3/q+1. The van der Waals surface area contributed by atoms with Crippen LogP contribution < -0.4 is 4.57 Å². The highest BCUT2D eigenvalue weighted by Crippen LogP contribution is 2.38. The van der Waals surface area contributed by atoms with Gasteiger partial charge in [-0.25, -0.2) is 0 Å². The lowest BCUT2D eigenvalue weighted by atomic mass is 9.99. The van der Waals surface area contributed by atoms with E-state index in [1.807, 2.05) is 12.1 Å². The number of para-hydroxylation sites is 1. The fourth-order valence-electron chi connectivity index (χ4n) is 5.90. The van der Waals surface area contributed by atoms with E-state index in [4.69, 9.17) is 8.83 Å².